The monoisotopic (exact) mass is 237 g/mol. The molecule has 0 radical (unpaired) electrons. The lowest BCUT2D eigenvalue weighted by molar-refractivity contribution is 0.179. The molecular weight excluding hydrogens is 218 g/mol. The highest BCUT2D eigenvalue weighted by molar-refractivity contribution is 5.06. The molecule has 0 spiro atoms. The number of nitrogens with two attached hydrogens (primary N) is 1. The Kier molecular flexibility index (Phi) is 3.78. The second-order valence-corrected chi connectivity index (χ2v) is 4.48. The molecule has 1 fully saturated rings. The van der Waals surface area contributed by atoms with Crippen molar-refractivity contribution >= 4 is 0 Å². The lowest BCUT2D eigenvalue weighted by Gasteiger charge is -2.16. The van der Waals surface area contributed by atoms with Crippen LogP contribution in [0.15, 0.2) is 17.2 Å². The van der Waals surface area contributed by atoms with Crippen LogP contribution >= 0.6 is 0 Å². The Morgan fingerprint density at radius 2 is 2.41 bits per heavy atom. The predicted molar refractivity (Wildman–Crippen MR) is 65.0 cm³/mol. The van der Waals surface area contributed by atoms with Gasteiger partial charge in [-0.15, -0.1) is 0 Å². The van der Waals surface area contributed by atoms with Crippen LogP contribution in [0.3, 0.4) is 0 Å². The average Bonchev–Trinajstić information content (AvgIpc) is 2.70. The maximum Gasteiger partial charge on any atom is 0.313 e. The summed E-state index contributed by atoms with van der Waals surface area (Å²) in [7, 11) is 0. The Hall–Kier alpha value is -1.36. The molecular formula is C12H19N3O2. The third-order valence-electron chi connectivity index (χ3n) is 3.11. The molecule has 94 valence electrons. The summed E-state index contributed by atoms with van der Waals surface area (Å²) in [5.74, 6) is 0.184. The number of aryl methyl sites for hydroxylation is 1. The number of rotatable bonds is 4. The van der Waals surface area contributed by atoms with Crippen molar-refractivity contribution in [1.82, 2.24) is 9.55 Å². The van der Waals surface area contributed by atoms with E-state index < -0.39 is 0 Å². The van der Waals surface area contributed by atoms with Crippen LogP contribution in [-0.2, 0) is 6.54 Å². The van der Waals surface area contributed by atoms with Crippen molar-refractivity contribution in [2.45, 2.75) is 51.3 Å². The molecule has 1 saturated carbocycles. The van der Waals surface area contributed by atoms with Crippen LogP contribution in [0.5, 0.6) is 5.88 Å². The summed E-state index contributed by atoms with van der Waals surface area (Å²) in [6.45, 7) is 2.72. The van der Waals surface area contributed by atoms with Crippen LogP contribution in [0.4, 0.5) is 0 Å². The summed E-state index contributed by atoms with van der Waals surface area (Å²) < 4.78 is 7.26. The maximum atomic E-state index is 12.0. The average molecular weight is 237 g/mol. The summed E-state index contributed by atoms with van der Waals surface area (Å²) in [5.41, 5.74) is 5.75. The zero-order chi connectivity index (χ0) is 12.3. The summed E-state index contributed by atoms with van der Waals surface area (Å²) in [6.07, 6.45) is 7.06. The first kappa shape index (κ1) is 12.1. The molecule has 1 aliphatic carbocycles. The molecule has 0 aromatic carbocycles. The van der Waals surface area contributed by atoms with Crippen molar-refractivity contribution in [1.29, 1.82) is 0 Å². The van der Waals surface area contributed by atoms with E-state index in [1.54, 1.807) is 17.0 Å². The van der Waals surface area contributed by atoms with E-state index in [2.05, 4.69) is 4.98 Å². The molecule has 5 nitrogen and oxygen atoms in total. The van der Waals surface area contributed by atoms with Crippen LogP contribution in [-0.4, -0.2) is 21.7 Å². The van der Waals surface area contributed by atoms with Gasteiger partial charge in [-0.2, -0.15) is 0 Å². The molecule has 1 aliphatic rings. The minimum atomic E-state index is -0.159. The van der Waals surface area contributed by atoms with Gasteiger partial charge in [-0.25, -0.2) is 4.98 Å². The fraction of sp³-hybridized carbons (Fsp3) is 0.667. The van der Waals surface area contributed by atoms with Crippen LogP contribution in [0.25, 0.3) is 0 Å². The molecule has 2 rings (SSSR count). The van der Waals surface area contributed by atoms with E-state index in [0.29, 0.717) is 6.54 Å². The van der Waals surface area contributed by atoms with Gasteiger partial charge in [-0.3, -0.25) is 4.79 Å². The minimum absolute atomic E-state index is 0.0241. The summed E-state index contributed by atoms with van der Waals surface area (Å²) >= 11 is 0. The summed E-state index contributed by atoms with van der Waals surface area (Å²) in [6, 6.07) is 0.0241. The van der Waals surface area contributed by atoms with Crippen molar-refractivity contribution in [2.24, 2.45) is 5.73 Å². The molecule has 2 N–H and O–H groups in total. The normalized spacial score (nSPS) is 23.9. The Balaban J connectivity index is 2.15. The standard InChI is InChI=1S/C12H19N3O2/c1-2-7-15-8-6-14-11(12(15)16)17-10-5-3-4-9(10)13/h6,8-10H,2-5,7,13H2,1H3. The molecule has 1 aromatic heterocycles. The van der Waals surface area contributed by atoms with E-state index in [-0.39, 0.29) is 23.6 Å². The molecule has 0 saturated heterocycles. The van der Waals surface area contributed by atoms with Crippen LogP contribution in [0, 0.1) is 0 Å². The molecule has 2 atom stereocenters. The highest BCUT2D eigenvalue weighted by Gasteiger charge is 2.26. The van der Waals surface area contributed by atoms with Gasteiger partial charge in [0.2, 0.25) is 0 Å². The van der Waals surface area contributed by atoms with Crippen LogP contribution in [0.2, 0.25) is 0 Å². The fourth-order valence-electron chi connectivity index (χ4n) is 2.17. The smallest absolute Gasteiger partial charge is 0.313 e. The van der Waals surface area contributed by atoms with Gasteiger partial charge < -0.3 is 15.0 Å². The Morgan fingerprint density at radius 1 is 1.59 bits per heavy atom. The van der Waals surface area contributed by atoms with Crippen molar-refractivity contribution < 1.29 is 4.74 Å². The van der Waals surface area contributed by atoms with Gasteiger partial charge in [-0.05, 0) is 25.7 Å². The first-order chi connectivity index (χ1) is 8.22. The lowest BCUT2D eigenvalue weighted by Crippen LogP contribution is -2.36. The van der Waals surface area contributed by atoms with Gasteiger partial charge in [0.15, 0.2) is 0 Å². The van der Waals surface area contributed by atoms with Crippen molar-refractivity contribution in [2.75, 3.05) is 0 Å². The summed E-state index contributed by atoms with van der Waals surface area (Å²) in [4.78, 5) is 16.0. The number of ether oxygens (including phenoxy) is 1. The number of hydrogen-bond donors (Lipinski definition) is 1. The molecule has 5 heteroatoms. The topological polar surface area (TPSA) is 70.1 Å². The Bertz CT molecular complexity index is 430. The van der Waals surface area contributed by atoms with Crippen molar-refractivity contribution in [3.8, 4) is 5.88 Å². The molecule has 0 amide bonds. The molecule has 17 heavy (non-hydrogen) atoms. The number of aromatic nitrogens is 2. The Labute approximate surface area is 101 Å². The molecule has 1 aromatic rings. The van der Waals surface area contributed by atoms with Gasteiger partial charge in [0.05, 0.1) is 0 Å². The predicted octanol–water partition coefficient (Wildman–Crippen LogP) is 0.912. The zero-order valence-corrected chi connectivity index (χ0v) is 10.1. The van der Waals surface area contributed by atoms with E-state index >= 15 is 0 Å². The van der Waals surface area contributed by atoms with E-state index in [1.807, 2.05) is 6.92 Å². The van der Waals surface area contributed by atoms with Gasteiger partial charge in [-0.1, -0.05) is 6.92 Å². The van der Waals surface area contributed by atoms with Gasteiger partial charge >= 0.3 is 5.56 Å². The van der Waals surface area contributed by atoms with Crippen molar-refractivity contribution in [3.63, 3.8) is 0 Å². The zero-order valence-electron chi connectivity index (χ0n) is 10.1. The van der Waals surface area contributed by atoms with Gasteiger partial charge in [0.1, 0.15) is 6.10 Å². The second kappa shape index (κ2) is 5.31. The van der Waals surface area contributed by atoms with E-state index in [0.717, 1.165) is 25.7 Å². The number of hydrogen-bond acceptors (Lipinski definition) is 4. The van der Waals surface area contributed by atoms with Gasteiger partial charge in [0.25, 0.3) is 5.88 Å². The molecule has 0 aliphatic heterocycles. The highest BCUT2D eigenvalue weighted by atomic mass is 16.5. The third kappa shape index (κ3) is 2.66. The quantitative estimate of drug-likeness (QED) is 0.845. The third-order valence-corrected chi connectivity index (χ3v) is 3.11. The fourth-order valence-corrected chi connectivity index (χ4v) is 2.17. The first-order valence-electron chi connectivity index (χ1n) is 6.20. The minimum Gasteiger partial charge on any atom is -0.469 e. The van der Waals surface area contributed by atoms with Crippen LogP contribution < -0.4 is 16.0 Å². The van der Waals surface area contributed by atoms with Crippen molar-refractivity contribution in [3.05, 3.63) is 22.7 Å². The Morgan fingerprint density at radius 3 is 3.06 bits per heavy atom. The number of nitrogens with zero attached hydrogens (tertiary/aromatic N) is 2. The highest BCUT2D eigenvalue weighted by Crippen LogP contribution is 2.20. The second-order valence-electron chi connectivity index (χ2n) is 4.48. The van der Waals surface area contributed by atoms with E-state index in [9.17, 15) is 4.79 Å². The van der Waals surface area contributed by atoms with E-state index in [4.69, 9.17) is 10.5 Å². The van der Waals surface area contributed by atoms with Crippen LogP contribution in [0.1, 0.15) is 32.6 Å². The summed E-state index contributed by atoms with van der Waals surface area (Å²) in [5, 5.41) is 0. The SMILES string of the molecule is CCCn1ccnc(OC2CCCC2N)c1=O. The van der Waals surface area contributed by atoms with E-state index in [1.165, 1.54) is 0 Å². The lowest BCUT2D eigenvalue weighted by atomic mass is 10.2. The molecule has 1 heterocycles. The maximum absolute atomic E-state index is 12.0. The molecule has 0 bridgehead atoms. The first-order valence-corrected chi connectivity index (χ1v) is 6.20. The molecule has 2 unspecified atom stereocenters. The van der Waals surface area contributed by atoms with Gasteiger partial charge in [0, 0.05) is 25.0 Å². The largest absolute Gasteiger partial charge is 0.469 e.